The van der Waals surface area contributed by atoms with E-state index in [1.54, 1.807) is 0 Å². The number of methoxy groups -OCH3 is 2. The van der Waals surface area contributed by atoms with Crippen LogP contribution < -0.4 is 5.30 Å². The second-order valence-electron chi connectivity index (χ2n) is 10.5. The van der Waals surface area contributed by atoms with Gasteiger partial charge in [0, 0.05) is 0 Å². The third-order valence-electron chi connectivity index (χ3n) is 7.21. The number of benzene rings is 1. The molecule has 0 bridgehead atoms. The van der Waals surface area contributed by atoms with Crippen LogP contribution in [0.1, 0.15) is 89.3 Å². The van der Waals surface area contributed by atoms with Gasteiger partial charge in [0.15, 0.2) is 0 Å². The molecule has 0 aliphatic carbocycles. The normalized spacial score (nSPS) is 22.5. The molecule has 2 heterocycles. The molecule has 1 atom stereocenters. The molecule has 2 aliphatic heterocycles. The Kier molecular flexibility index (Phi) is 6.56. The topological polar surface area (TPSA) is 61.8 Å². The molecular weight excluding hydrogens is 423 g/mol. The van der Waals surface area contributed by atoms with E-state index in [0.717, 1.165) is 18.7 Å². The first kappa shape index (κ1) is 24.8. The number of carbonyl (C=O) groups excluding carboxylic acids is 2. The summed E-state index contributed by atoms with van der Waals surface area (Å²) in [6.07, 6.45) is 2.48. The first-order valence-electron chi connectivity index (χ1n) is 11.7. The van der Waals surface area contributed by atoms with Gasteiger partial charge in [-0.15, -0.1) is 0 Å². The summed E-state index contributed by atoms with van der Waals surface area (Å²) in [7, 11) is 2.70. The zero-order chi connectivity index (χ0) is 24.0. The molecular formula is C26H39O5P. The predicted molar refractivity (Wildman–Crippen MR) is 131 cm³/mol. The van der Waals surface area contributed by atoms with Crippen LogP contribution >= 0.6 is 6.83 Å². The molecule has 0 amide bonds. The third-order valence-corrected chi connectivity index (χ3v) is 13.4. The molecule has 1 aromatic rings. The van der Waals surface area contributed by atoms with Crippen LogP contribution in [0.15, 0.2) is 23.2 Å². The van der Waals surface area contributed by atoms with Gasteiger partial charge in [0.25, 0.3) is 0 Å². The fourth-order valence-electron chi connectivity index (χ4n) is 5.63. The predicted octanol–water partition coefficient (Wildman–Crippen LogP) is 5.78. The van der Waals surface area contributed by atoms with Crippen molar-refractivity contribution in [2.24, 2.45) is 5.92 Å². The molecule has 0 saturated carbocycles. The second kappa shape index (κ2) is 8.48. The zero-order valence-corrected chi connectivity index (χ0v) is 22.0. The van der Waals surface area contributed by atoms with Crippen molar-refractivity contribution in [1.29, 1.82) is 0 Å². The van der Waals surface area contributed by atoms with Crippen LogP contribution in [0.3, 0.4) is 0 Å². The molecule has 1 spiro atoms. The average Bonchev–Trinajstić information content (AvgIpc) is 3.10. The van der Waals surface area contributed by atoms with Crippen molar-refractivity contribution in [2.75, 3.05) is 26.5 Å². The molecule has 3 rings (SSSR count). The van der Waals surface area contributed by atoms with Crippen LogP contribution in [0.5, 0.6) is 0 Å². The van der Waals surface area contributed by atoms with Gasteiger partial charge in [-0.1, -0.05) is 0 Å². The monoisotopic (exact) mass is 462 g/mol. The van der Waals surface area contributed by atoms with Crippen molar-refractivity contribution < 1.29 is 23.6 Å². The molecule has 0 aromatic heterocycles. The summed E-state index contributed by atoms with van der Waals surface area (Å²) in [6.45, 7) is 12.0. The van der Waals surface area contributed by atoms with Crippen LogP contribution in [0.4, 0.5) is 0 Å². The Morgan fingerprint density at radius 3 is 1.84 bits per heavy atom. The molecule has 0 unspecified atom stereocenters. The van der Waals surface area contributed by atoms with E-state index in [1.165, 1.54) is 36.2 Å². The average molecular weight is 463 g/mol. The first-order chi connectivity index (χ1) is 14.9. The molecule has 6 heteroatoms. The number of esters is 2. The molecule has 1 fully saturated rings. The van der Waals surface area contributed by atoms with E-state index in [2.05, 4.69) is 60.6 Å². The summed E-state index contributed by atoms with van der Waals surface area (Å²) in [5, 5.41) is 1.64. The quantitative estimate of drug-likeness (QED) is 0.396. The van der Waals surface area contributed by atoms with Gasteiger partial charge in [-0.3, -0.25) is 0 Å². The van der Waals surface area contributed by atoms with Gasteiger partial charge in [-0.2, -0.15) is 0 Å². The van der Waals surface area contributed by atoms with Crippen molar-refractivity contribution in [2.45, 2.75) is 72.6 Å². The summed E-state index contributed by atoms with van der Waals surface area (Å²) in [5.41, 5.74) is 3.76. The Hall–Kier alpha value is -1.87. The Balaban J connectivity index is 2.49. The fourth-order valence-corrected chi connectivity index (χ4v) is 13.1. The molecule has 32 heavy (non-hydrogen) atoms. The van der Waals surface area contributed by atoms with Crippen molar-refractivity contribution >= 4 is 24.1 Å². The summed E-state index contributed by atoms with van der Waals surface area (Å²) in [4.78, 5) is 25.9. The van der Waals surface area contributed by atoms with Gasteiger partial charge in [0.1, 0.15) is 0 Å². The Morgan fingerprint density at radius 1 is 0.938 bits per heavy atom. The van der Waals surface area contributed by atoms with E-state index in [-0.39, 0.29) is 17.6 Å². The van der Waals surface area contributed by atoms with E-state index in [4.69, 9.17) is 14.0 Å². The SMILES string of the molecule is COC(=O)C1=C(C(=O)OC)P2(c3c(C(C)C)cc(C(C)C)cc3C(C)C)(CC[C@@H](C)C2)O1. The van der Waals surface area contributed by atoms with Crippen LogP contribution in [0.2, 0.25) is 0 Å². The van der Waals surface area contributed by atoms with Gasteiger partial charge in [-0.25, -0.2) is 0 Å². The summed E-state index contributed by atoms with van der Waals surface area (Å²) < 4.78 is 17.0. The Morgan fingerprint density at radius 2 is 1.47 bits per heavy atom. The number of hydrogen-bond acceptors (Lipinski definition) is 5. The van der Waals surface area contributed by atoms with Gasteiger partial charge in [-0.05, 0) is 0 Å². The Bertz CT molecular complexity index is 947. The Labute approximate surface area is 192 Å². The maximum absolute atomic E-state index is 13.3. The summed E-state index contributed by atoms with van der Waals surface area (Å²) in [5.74, 6) is 0.257. The molecule has 0 N–H and O–H groups in total. The van der Waals surface area contributed by atoms with E-state index >= 15 is 0 Å². The van der Waals surface area contributed by atoms with Crippen molar-refractivity contribution in [1.82, 2.24) is 0 Å². The maximum atomic E-state index is 13.3. The van der Waals surface area contributed by atoms with Gasteiger partial charge >= 0.3 is 193 Å². The van der Waals surface area contributed by atoms with Crippen LogP contribution in [0.25, 0.3) is 0 Å². The minimum atomic E-state index is -3.41. The molecule has 1 saturated heterocycles. The standard InChI is InChI=1S/C26H39O5P/c1-15(2)19-12-20(16(3)4)23(21(13-19)17(5)6)32(11-10-18(7)14-32)24(26(28)30-9)22(31-32)25(27)29-8/h12-13,15-18H,10-11,14H2,1-9H3/t18-/m1/s1. The van der Waals surface area contributed by atoms with Crippen LogP contribution in [-0.4, -0.2) is 38.5 Å². The molecule has 5 nitrogen and oxygen atoms in total. The summed E-state index contributed by atoms with van der Waals surface area (Å²) in [6, 6.07) is 4.60. The van der Waals surface area contributed by atoms with E-state index < -0.39 is 18.8 Å². The number of hydrogen-bond donors (Lipinski definition) is 0. The summed E-state index contributed by atoms with van der Waals surface area (Å²) >= 11 is 0. The van der Waals surface area contributed by atoms with Crippen LogP contribution in [-0.2, 0) is 23.6 Å². The van der Waals surface area contributed by atoms with Crippen molar-refractivity contribution in [3.05, 3.63) is 39.9 Å². The van der Waals surface area contributed by atoms with E-state index in [1.807, 2.05) is 0 Å². The third kappa shape index (κ3) is 3.48. The van der Waals surface area contributed by atoms with Gasteiger partial charge in [0.05, 0.1) is 0 Å². The van der Waals surface area contributed by atoms with E-state index in [0.29, 0.717) is 17.2 Å². The minimum absolute atomic E-state index is 0.0449. The number of carbonyl (C=O) groups is 2. The van der Waals surface area contributed by atoms with Crippen molar-refractivity contribution in [3.8, 4) is 0 Å². The zero-order valence-electron chi connectivity index (χ0n) is 21.1. The molecule has 0 radical (unpaired) electrons. The molecule has 178 valence electrons. The molecule has 1 aromatic carbocycles. The van der Waals surface area contributed by atoms with E-state index in [9.17, 15) is 9.59 Å². The van der Waals surface area contributed by atoms with Crippen LogP contribution in [0, 0.1) is 5.92 Å². The van der Waals surface area contributed by atoms with Crippen molar-refractivity contribution in [3.63, 3.8) is 0 Å². The fraction of sp³-hybridized carbons (Fsp3) is 0.615. The molecule has 2 aliphatic rings. The first-order valence-corrected chi connectivity index (χ1v) is 14.3. The second-order valence-corrected chi connectivity index (χ2v) is 15.2. The van der Waals surface area contributed by atoms with Gasteiger partial charge < -0.3 is 0 Å². The van der Waals surface area contributed by atoms with Gasteiger partial charge in [0.2, 0.25) is 0 Å². The number of rotatable bonds is 6. The number of ether oxygens (including phenoxy) is 2.